The summed E-state index contributed by atoms with van der Waals surface area (Å²) in [5.41, 5.74) is 3.19. The summed E-state index contributed by atoms with van der Waals surface area (Å²) in [6, 6.07) is 18.2. The van der Waals surface area contributed by atoms with Crippen LogP contribution in [0.3, 0.4) is 0 Å². The Labute approximate surface area is 123 Å². The molecule has 1 heterocycles. The average Bonchev–Trinajstić information content (AvgIpc) is 2.75. The molecule has 0 spiro atoms. The zero-order chi connectivity index (χ0) is 13.9. The molecule has 0 radical (unpaired) electrons. The van der Waals surface area contributed by atoms with Gasteiger partial charge in [0.1, 0.15) is 5.37 Å². The summed E-state index contributed by atoms with van der Waals surface area (Å²) in [4.78, 5) is 14.6. The third kappa shape index (κ3) is 2.34. The van der Waals surface area contributed by atoms with Crippen molar-refractivity contribution in [2.45, 2.75) is 18.8 Å². The molecule has 0 saturated carbocycles. The Morgan fingerprint density at radius 3 is 2.50 bits per heavy atom. The molecule has 3 heteroatoms. The summed E-state index contributed by atoms with van der Waals surface area (Å²) < 4.78 is 0. The van der Waals surface area contributed by atoms with E-state index in [9.17, 15) is 4.79 Å². The third-order valence-corrected chi connectivity index (χ3v) is 4.68. The van der Waals surface area contributed by atoms with Crippen LogP contribution in [-0.4, -0.2) is 16.6 Å². The standard InChI is InChI=1S/C17H17NOS/c1-2-20-17-15-11-7-6-10-14(15)16(19)18(17)12-13-8-4-3-5-9-13/h3-11,17H,2,12H2,1H3/t17-/m1/s1. The zero-order valence-electron chi connectivity index (χ0n) is 11.5. The predicted octanol–water partition coefficient (Wildman–Crippen LogP) is 4.09. The van der Waals surface area contributed by atoms with Gasteiger partial charge in [-0.1, -0.05) is 55.5 Å². The SMILES string of the molecule is CCS[C@@H]1c2ccccc2C(=O)N1Cc1ccccc1. The Hall–Kier alpha value is -1.74. The lowest BCUT2D eigenvalue weighted by molar-refractivity contribution is 0.0761. The lowest BCUT2D eigenvalue weighted by atomic mass is 10.1. The molecule has 0 saturated heterocycles. The fourth-order valence-electron chi connectivity index (χ4n) is 2.61. The van der Waals surface area contributed by atoms with Crippen LogP contribution in [0.25, 0.3) is 0 Å². The number of thioether (sulfide) groups is 1. The highest BCUT2D eigenvalue weighted by Crippen LogP contribution is 2.41. The molecule has 20 heavy (non-hydrogen) atoms. The number of amides is 1. The smallest absolute Gasteiger partial charge is 0.255 e. The minimum atomic E-state index is 0.143. The molecule has 1 aliphatic rings. The quantitative estimate of drug-likeness (QED) is 0.842. The second-order valence-electron chi connectivity index (χ2n) is 4.81. The molecule has 3 rings (SSSR count). The van der Waals surface area contributed by atoms with Gasteiger partial charge in [0.2, 0.25) is 0 Å². The van der Waals surface area contributed by atoms with Gasteiger partial charge in [0, 0.05) is 12.1 Å². The van der Waals surface area contributed by atoms with Crippen molar-refractivity contribution >= 4 is 17.7 Å². The van der Waals surface area contributed by atoms with Gasteiger partial charge in [0.05, 0.1) is 0 Å². The van der Waals surface area contributed by atoms with E-state index in [4.69, 9.17) is 0 Å². The molecule has 0 fully saturated rings. The van der Waals surface area contributed by atoms with Crippen LogP contribution in [0.2, 0.25) is 0 Å². The van der Waals surface area contributed by atoms with E-state index in [0.717, 1.165) is 16.9 Å². The van der Waals surface area contributed by atoms with E-state index in [1.54, 1.807) is 0 Å². The van der Waals surface area contributed by atoms with Crippen molar-refractivity contribution < 1.29 is 4.79 Å². The van der Waals surface area contributed by atoms with Crippen molar-refractivity contribution in [2.75, 3.05) is 5.75 Å². The summed E-state index contributed by atoms with van der Waals surface area (Å²) in [5, 5.41) is 0.143. The van der Waals surface area contributed by atoms with Crippen LogP contribution in [0.5, 0.6) is 0 Å². The maximum Gasteiger partial charge on any atom is 0.255 e. The average molecular weight is 283 g/mol. The van der Waals surface area contributed by atoms with Gasteiger partial charge >= 0.3 is 0 Å². The molecule has 1 aliphatic heterocycles. The minimum Gasteiger partial charge on any atom is -0.318 e. The number of rotatable bonds is 4. The third-order valence-electron chi connectivity index (χ3n) is 3.52. The first-order chi connectivity index (χ1) is 9.81. The van der Waals surface area contributed by atoms with Gasteiger partial charge in [0.25, 0.3) is 5.91 Å². The van der Waals surface area contributed by atoms with Gasteiger partial charge in [-0.05, 0) is 22.9 Å². The van der Waals surface area contributed by atoms with Crippen LogP contribution in [0.4, 0.5) is 0 Å². The Morgan fingerprint density at radius 2 is 1.75 bits per heavy atom. The van der Waals surface area contributed by atoms with Crippen LogP contribution < -0.4 is 0 Å². The van der Waals surface area contributed by atoms with Gasteiger partial charge < -0.3 is 4.90 Å². The Bertz CT molecular complexity index is 611. The molecular weight excluding hydrogens is 266 g/mol. The van der Waals surface area contributed by atoms with Crippen molar-refractivity contribution in [3.05, 3.63) is 71.3 Å². The van der Waals surface area contributed by atoms with E-state index in [2.05, 4.69) is 25.1 Å². The summed E-state index contributed by atoms with van der Waals surface area (Å²) in [6.45, 7) is 2.81. The molecule has 0 aliphatic carbocycles. The van der Waals surface area contributed by atoms with Gasteiger partial charge in [-0.2, -0.15) is 0 Å². The highest BCUT2D eigenvalue weighted by atomic mass is 32.2. The normalized spacial score (nSPS) is 17.4. The lowest BCUT2D eigenvalue weighted by Crippen LogP contribution is -2.26. The van der Waals surface area contributed by atoms with Crippen LogP contribution in [0.1, 0.15) is 33.8 Å². The molecule has 2 nitrogen and oxygen atoms in total. The highest BCUT2D eigenvalue weighted by molar-refractivity contribution is 7.99. The molecule has 1 amide bonds. The topological polar surface area (TPSA) is 20.3 Å². The first-order valence-electron chi connectivity index (χ1n) is 6.86. The van der Waals surface area contributed by atoms with Crippen molar-refractivity contribution in [3.8, 4) is 0 Å². The number of fused-ring (bicyclic) bond motifs is 1. The first-order valence-corrected chi connectivity index (χ1v) is 7.91. The van der Waals surface area contributed by atoms with Crippen molar-refractivity contribution in [3.63, 3.8) is 0 Å². The Balaban J connectivity index is 1.92. The molecule has 0 N–H and O–H groups in total. The van der Waals surface area contributed by atoms with Gasteiger partial charge in [0.15, 0.2) is 0 Å². The first kappa shape index (κ1) is 13.3. The summed E-state index contributed by atoms with van der Waals surface area (Å²) in [7, 11) is 0. The molecule has 2 aromatic rings. The number of benzene rings is 2. The maximum absolute atomic E-state index is 12.6. The minimum absolute atomic E-state index is 0.143. The Kier molecular flexibility index (Phi) is 3.79. The van der Waals surface area contributed by atoms with E-state index in [0.29, 0.717) is 6.54 Å². The molecule has 102 valence electrons. The predicted molar refractivity (Wildman–Crippen MR) is 83.6 cm³/mol. The van der Waals surface area contributed by atoms with E-state index >= 15 is 0 Å². The number of carbonyl (C=O) groups excluding carboxylic acids is 1. The second-order valence-corrected chi connectivity index (χ2v) is 6.17. The summed E-state index contributed by atoms with van der Waals surface area (Å²) in [5.74, 6) is 1.15. The maximum atomic E-state index is 12.6. The fraction of sp³-hybridized carbons (Fsp3) is 0.235. The Morgan fingerprint density at radius 1 is 1.05 bits per heavy atom. The highest BCUT2D eigenvalue weighted by Gasteiger charge is 2.36. The van der Waals surface area contributed by atoms with Gasteiger partial charge in [-0.25, -0.2) is 0 Å². The zero-order valence-corrected chi connectivity index (χ0v) is 12.3. The fourth-order valence-corrected chi connectivity index (χ4v) is 3.66. The van der Waals surface area contributed by atoms with Gasteiger partial charge in [-0.3, -0.25) is 4.79 Å². The van der Waals surface area contributed by atoms with E-state index in [-0.39, 0.29) is 11.3 Å². The molecule has 0 unspecified atom stereocenters. The molecule has 0 aromatic heterocycles. The van der Waals surface area contributed by atoms with Crippen molar-refractivity contribution in [1.82, 2.24) is 4.90 Å². The number of hydrogen-bond acceptors (Lipinski definition) is 2. The van der Waals surface area contributed by atoms with E-state index in [1.807, 2.05) is 53.1 Å². The largest absolute Gasteiger partial charge is 0.318 e. The van der Waals surface area contributed by atoms with Crippen molar-refractivity contribution in [1.29, 1.82) is 0 Å². The van der Waals surface area contributed by atoms with E-state index < -0.39 is 0 Å². The van der Waals surface area contributed by atoms with Crippen LogP contribution in [0, 0.1) is 0 Å². The molecule has 1 atom stereocenters. The van der Waals surface area contributed by atoms with Crippen LogP contribution in [-0.2, 0) is 6.54 Å². The molecule has 2 aromatic carbocycles. The molecule has 0 bridgehead atoms. The van der Waals surface area contributed by atoms with Crippen LogP contribution >= 0.6 is 11.8 Å². The molecular formula is C17H17NOS. The van der Waals surface area contributed by atoms with Gasteiger partial charge in [-0.15, -0.1) is 11.8 Å². The summed E-state index contributed by atoms with van der Waals surface area (Å²) in [6.07, 6.45) is 0. The van der Waals surface area contributed by atoms with Crippen LogP contribution in [0.15, 0.2) is 54.6 Å². The monoisotopic (exact) mass is 283 g/mol. The second kappa shape index (κ2) is 5.71. The number of hydrogen-bond donors (Lipinski definition) is 0. The van der Waals surface area contributed by atoms with E-state index in [1.165, 1.54) is 5.56 Å². The summed E-state index contributed by atoms with van der Waals surface area (Å²) >= 11 is 1.82. The lowest BCUT2D eigenvalue weighted by Gasteiger charge is -2.24. The number of carbonyl (C=O) groups is 1. The van der Waals surface area contributed by atoms with Crippen molar-refractivity contribution in [2.24, 2.45) is 0 Å². The number of nitrogens with zero attached hydrogens (tertiary/aromatic N) is 1.